The molecule has 114 valence electrons. The second-order valence-electron chi connectivity index (χ2n) is 5.02. The van der Waals surface area contributed by atoms with Gasteiger partial charge in [-0.25, -0.2) is 0 Å². The van der Waals surface area contributed by atoms with Gasteiger partial charge in [-0.2, -0.15) is 0 Å². The fourth-order valence-electron chi connectivity index (χ4n) is 2.27. The molecule has 0 aromatic heterocycles. The zero-order chi connectivity index (χ0) is 15.7. The number of carboxylic acids is 1. The van der Waals surface area contributed by atoms with Crippen molar-refractivity contribution in [3.05, 3.63) is 27.2 Å². The van der Waals surface area contributed by atoms with Crippen LogP contribution in [-0.4, -0.2) is 29.0 Å². The highest BCUT2D eigenvalue weighted by molar-refractivity contribution is 6.35. The van der Waals surface area contributed by atoms with Crippen molar-refractivity contribution in [2.75, 3.05) is 7.11 Å². The van der Waals surface area contributed by atoms with Crippen LogP contribution in [-0.2, 0) is 22.7 Å². The largest absolute Gasteiger partial charge is 0.495 e. The first-order valence-electron chi connectivity index (χ1n) is 6.39. The Morgan fingerprint density at radius 2 is 2.00 bits per heavy atom. The van der Waals surface area contributed by atoms with Crippen molar-refractivity contribution in [2.24, 2.45) is 5.92 Å². The molecule has 0 saturated heterocycles. The standard InChI is InChI=1S/C14H15Cl2NO4/c1-7(14(19)20)3-12(18)17-5-8-9(6-17)13(16)11(21-2)4-10(8)15/h4,7H,3,5-6H2,1-2H3,(H,19,20)/t7-/m0/s1. The van der Waals surface area contributed by atoms with Gasteiger partial charge in [0.05, 0.1) is 18.1 Å². The fourth-order valence-corrected chi connectivity index (χ4v) is 2.85. The molecule has 1 aromatic rings. The molecule has 1 heterocycles. The predicted octanol–water partition coefficient (Wildman–Crippen LogP) is 2.96. The van der Waals surface area contributed by atoms with E-state index in [-0.39, 0.29) is 12.3 Å². The number of halogens is 2. The van der Waals surface area contributed by atoms with Crippen LogP contribution in [0.1, 0.15) is 24.5 Å². The van der Waals surface area contributed by atoms with E-state index < -0.39 is 11.9 Å². The van der Waals surface area contributed by atoms with Crippen LogP contribution in [0, 0.1) is 5.92 Å². The van der Waals surface area contributed by atoms with E-state index in [1.807, 2.05) is 0 Å². The van der Waals surface area contributed by atoms with E-state index in [1.165, 1.54) is 14.0 Å². The summed E-state index contributed by atoms with van der Waals surface area (Å²) < 4.78 is 5.15. The van der Waals surface area contributed by atoms with Crippen LogP contribution in [0.2, 0.25) is 10.0 Å². The van der Waals surface area contributed by atoms with Crippen LogP contribution >= 0.6 is 23.2 Å². The first-order valence-corrected chi connectivity index (χ1v) is 7.15. The minimum atomic E-state index is -0.988. The fraction of sp³-hybridized carbons (Fsp3) is 0.429. The molecule has 0 saturated carbocycles. The summed E-state index contributed by atoms with van der Waals surface area (Å²) in [7, 11) is 1.50. The van der Waals surface area contributed by atoms with Crippen molar-refractivity contribution in [1.82, 2.24) is 4.90 Å². The summed E-state index contributed by atoms with van der Waals surface area (Å²) in [6.45, 7) is 2.16. The molecule has 7 heteroatoms. The number of hydrogen-bond donors (Lipinski definition) is 1. The maximum Gasteiger partial charge on any atom is 0.306 e. The smallest absolute Gasteiger partial charge is 0.306 e. The zero-order valence-corrected chi connectivity index (χ0v) is 13.2. The van der Waals surface area contributed by atoms with Crippen molar-refractivity contribution in [2.45, 2.75) is 26.4 Å². The lowest BCUT2D eigenvalue weighted by molar-refractivity contribution is -0.145. The summed E-state index contributed by atoms with van der Waals surface area (Å²) in [6, 6.07) is 1.62. The summed E-state index contributed by atoms with van der Waals surface area (Å²) in [5, 5.41) is 9.81. The molecule has 2 rings (SSSR count). The van der Waals surface area contributed by atoms with E-state index in [0.717, 1.165) is 11.1 Å². The van der Waals surface area contributed by atoms with E-state index in [9.17, 15) is 9.59 Å². The monoisotopic (exact) mass is 331 g/mol. The van der Waals surface area contributed by atoms with Gasteiger partial charge in [0, 0.05) is 36.2 Å². The van der Waals surface area contributed by atoms with Crippen LogP contribution in [0.15, 0.2) is 6.07 Å². The lowest BCUT2D eigenvalue weighted by Crippen LogP contribution is -2.28. The minimum Gasteiger partial charge on any atom is -0.495 e. The molecule has 0 fully saturated rings. The van der Waals surface area contributed by atoms with Gasteiger partial charge in [-0.1, -0.05) is 30.1 Å². The summed E-state index contributed by atoms with van der Waals surface area (Å²) in [5.74, 6) is -1.47. The summed E-state index contributed by atoms with van der Waals surface area (Å²) in [5.41, 5.74) is 1.55. The Labute approximate surface area is 132 Å². The van der Waals surface area contributed by atoms with Gasteiger partial charge in [0.15, 0.2) is 0 Å². The number of aliphatic carboxylic acids is 1. The molecule has 0 unspecified atom stereocenters. The normalized spacial score (nSPS) is 14.8. The molecule has 21 heavy (non-hydrogen) atoms. The first-order chi connectivity index (χ1) is 9.85. The lowest BCUT2D eigenvalue weighted by Gasteiger charge is -2.16. The second kappa shape index (κ2) is 6.12. The average molecular weight is 332 g/mol. The SMILES string of the molecule is COc1cc(Cl)c2c(c1Cl)CN(C(=O)C[C@H](C)C(=O)O)C2. The third-order valence-corrected chi connectivity index (χ3v) is 4.32. The topological polar surface area (TPSA) is 66.8 Å². The Hall–Kier alpha value is -1.46. The van der Waals surface area contributed by atoms with Crippen molar-refractivity contribution >= 4 is 35.1 Å². The molecule has 0 radical (unpaired) electrons. The predicted molar refractivity (Wildman–Crippen MR) is 78.7 cm³/mol. The van der Waals surface area contributed by atoms with E-state index in [1.54, 1.807) is 11.0 Å². The van der Waals surface area contributed by atoms with Crippen molar-refractivity contribution in [3.63, 3.8) is 0 Å². The maximum absolute atomic E-state index is 12.2. The van der Waals surface area contributed by atoms with Gasteiger partial charge in [-0.3, -0.25) is 9.59 Å². The number of rotatable bonds is 4. The number of amides is 1. The number of carbonyl (C=O) groups is 2. The van der Waals surface area contributed by atoms with Gasteiger partial charge >= 0.3 is 5.97 Å². The number of benzene rings is 1. The van der Waals surface area contributed by atoms with Gasteiger partial charge < -0.3 is 14.7 Å². The molecule has 1 atom stereocenters. The van der Waals surface area contributed by atoms with Gasteiger partial charge in [-0.15, -0.1) is 0 Å². The molecule has 1 aliphatic rings. The molecule has 0 aliphatic carbocycles. The summed E-state index contributed by atoms with van der Waals surface area (Å²) >= 11 is 12.4. The van der Waals surface area contributed by atoms with Crippen LogP contribution in [0.25, 0.3) is 0 Å². The van der Waals surface area contributed by atoms with Crippen LogP contribution in [0.4, 0.5) is 0 Å². The van der Waals surface area contributed by atoms with Gasteiger partial charge in [0.2, 0.25) is 5.91 Å². The van der Waals surface area contributed by atoms with E-state index in [0.29, 0.717) is 28.9 Å². The number of carboxylic acid groups (broad SMARTS) is 1. The molecule has 1 aromatic carbocycles. The highest BCUT2D eigenvalue weighted by Gasteiger charge is 2.30. The van der Waals surface area contributed by atoms with E-state index >= 15 is 0 Å². The zero-order valence-electron chi connectivity index (χ0n) is 11.7. The number of methoxy groups -OCH3 is 1. The highest BCUT2D eigenvalue weighted by atomic mass is 35.5. The minimum absolute atomic E-state index is 0.0459. The Kier molecular flexibility index (Phi) is 4.64. The third-order valence-electron chi connectivity index (χ3n) is 3.56. The number of ether oxygens (including phenoxy) is 1. The molecular weight excluding hydrogens is 317 g/mol. The highest BCUT2D eigenvalue weighted by Crippen LogP contribution is 2.40. The number of hydrogen-bond acceptors (Lipinski definition) is 3. The van der Waals surface area contributed by atoms with Crippen LogP contribution in [0.3, 0.4) is 0 Å². The number of nitrogens with zero attached hydrogens (tertiary/aromatic N) is 1. The Bertz CT molecular complexity index is 603. The van der Waals surface area contributed by atoms with Gasteiger partial charge in [0.1, 0.15) is 5.75 Å². The Morgan fingerprint density at radius 1 is 1.38 bits per heavy atom. The Balaban J connectivity index is 2.20. The van der Waals surface area contributed by atoms with Crippen LogP contribution < -0.4 is 4.74 Å². The first kappa shape index (κ1) is 15.9. The molecule has 0 spiro atoms. The van der Waals surface area contributed by atoms with Gasteiger partial charge in [-0.05, 0) is 5.56 Å². The van der Waals surface area contributed by atoms with Crippen molar-refractivity contribution in [3.8, 4) is 5.75 Å². The summed E-state index contributed by atoms with van der Waals surface area (Å²) in [4.78, 5) is 24.5. The third kappa shape index (κ3) is 3.09. The molecule has 1 aliphatic heterocycles. The quantitative estimate of drug-likeness (QED) is 0.921. The number of carbonyl (C=O) groups excluding carboxylic acids is 1. The van der Waals surface area contributed by atoms with Crippen molar-refractivity contribution in [1.29, 1.82) is 0 Å². The molecule has 1 amide bonds. The second-order valence-corrected chi connectivity index (χ2v) is 5.81. The molecular formula is C14H15Cl2NO4. The Morgan fingerprint density at radius 3 is 2.57 bits per heavy atom. The van der Waals surface area contributed by atoms with Crippen molar-refractivity contribution < 1.29 is 19.4 Å². The average Bonchev–Trinajstić information content (AvgIpc) is 2.88. The van der Waals surface area contributed by atoms with Crippen LogP contribution in [0.5, 0.6) is 5.75 Å². The lowest BCUT2D eigenvalue weighted by atomic mass is 10.1. The van der Waals surface area contributed by atoms with E-state index in [4.69, 9.17) is 33.0 Å². The van der Waals surface area contributed by atoms with E-state index in [2.05, 4.69) is 0 Å². The molecule has 1 N–H and O–H groups in total. The number of fused-ring (bicyclic) bond motifs is 1. The molecule has 0 bridgehead atoms. The molecule has 5 nitrogen and oxygen atoms in total. The van der Waals surface area contributed by atoms with Gasteiger partial charge in [0.25, 0.3) is 0 Å². The maximum atomic E-state index is 12.2. The summed E-state index contributed by atoms with van der Waals surface area (Å²) in [6.07, 6.45) is -0.0459.